The van der Waals surface area contributed by atoms with Gasteiger partial charge >= 0.3 is 0 Å². The van der Waals surface area contributed by atoms with E-state index in [2.05, 4.69) is 10.6 Å². The fraction of sp³-hybridized carbons (Fsp3) is 0.933. The molecule has 1 unspecified atom stereocenters. The minimum absolute atomic E-state index is 0. The van der Waals surface area contributed by atoms with Crippen LogP contribution >= 0.6 is 12.4 Å². The zero-order chi connectivity index (χ0) is 12.6. The second kappa shape index (κ2) is 9.60. The maximum atomic E-state index is 11.7. The highest BCUT2D eigenvalue weighted by atomic mass is 35.5. The summed E-state index contributed by atoms with van der Waals surface area (Å²) >= 11 is 0. The standard InChI is InChI=1S/C15H28N2O.ClH/c18-15(9-8-14-7-4-11-16-14)17-12-10-13-5-2-1-3-6-13;/h13-14,16H,1-12H2,(H,17,18);1H. The minimum Gasteiger partial charge on any atom is -0.356 e. The summed E-state index contributed by atoms with van der Waals surface area (Å²) in [5.41, 5.74) is 0. The number of halogens is 1. The number of carbonyl (C=O) groups is 1. The molecule has 0 spiro atoms. The zero-order valence-corrected chi connectivity index (χ0v) is 12.8. The maximum Gasteiger partial charge on any atom is 0.220 e. The van der Waals surface area contributed by atoms with Crippen molar-refractivity contribution in [1.29, 1.82) is 0 Å². The van der Waals surface area contributed by atoms with Gasteiger partial charge in [0.2, 0.25) is 5.91 Å². The van der Waals surface area contributed by atoms with Crippen LogP contribution in [0.4, 0.5) is 0 Å². The summed E-state index contributed by atoms with van der Waals surface area (Å²) < 4.78 is 0. The molecule has 1 aliphatic carbocycles. The van der Waals surface area contributed by atoms with Gasteiger partial charge in [-0.15, -0.1) is 12.4 Å². The first-order chi connectivity index (χ1) is 8.84. The van der Waals surface area contributed by atoms with E-state index >= 15 is 0 Å². The lowest BCUT2D eigenvalue weighted by atomic mass is 9.87. The molecule has 2 aliphatic rings. The van der Waals surface area contributed by atoms with Gasteiger partial charge in [-0.25, -0.2) is 0 Å². The number of hydrogen-bond acceptors (Lipinski definition) is 2. The van der Waals surface area contributed by atoms with E-state index in [1.54, 1.807) is 0 Å². The molecule has 2 N–H and O–H groups in total. The van der Waals surface area contributed by atoms with Crippen LogP contribution in [0.3, 0.4) is 0 Å². The van der Waals surface area contributed by atoms with Crippen molar-refractivity contribution >= 4 is 18.3 Å². The van der Waals surface area contributed by atoms with Gasteiger partial charge in [-0.1, -0.05) is 32.1 Å². The first-order valence-corrected chi connectivity index (χ1v) is 7.84. The lowest BCUT2D eigenvalue weighted by Gasteiger charge is -2.21. The molecule has 0 aromatic carbocycles. The molecule has 0 aromatic rings. The molecule has 1 amide bonds. The molecule has 19 heavy (non-hydrogen) atoms. The Labute approximate surface area is 123 Å². The summed E-state index contributed by atoms with van der Waals surface area (Å²) in [6, 6.07) is 0.592. The minimum atomic E-state index is 0. The number of nitrogens with one attached hydrogen (secondary N) is 2. The highest BCUT2D eigenvalue weighted by Crippen LogP contribution is 2.25. The number of amides is 1. The number of rotatable bonds is 6. The van der Waals surface area contributed by atoms with E-state index < -0.39 is 0 Å². The van der Waals surface area contributed by atoms with Gasteiger partial charge in [0.05, 0.1) is 0 Å². The van der Waals surface area contributed by atoms with Crippen LogP contribution in [0.25, 0.3) is 0 Å². The highest BCUT2D eigenvalue weighted by Gasteiger charge is 2.16. The Kier molecular flexibility index (Phi) is 8.47. The zero-order valence-electron chi connectivity index (χ0n) is 12.0. The van der Waals surface area contributed by atoms with Gasteiger partial charge in [-0.2, -0.15) is 0 Å². The summed E-state index contributed by atoms with van der Waals surface area (Å²) in [6.45, 7) is 2.02. The van der Waals surface area contributed by atoms with E-state index in [0.29, 0.717) is 12.5 Å². The molecule has 1 saturated carbocycles. The largest absolute Gasteiger partial charge is 0.356 e. The van der Waals surface area contributed by atoms with Crippen molar-refractivity contribution in [2.24, 2.45) is 5.92 Å². The molecular weight excluding hydrogens is 260 g/mol. The highest BCUT2D eigenvalue weighted by molar-refractivity contribution is 5.85. The maximum absolute atomic E-state index is 11.7. The Hall–Kier alpha value is -0.280. The third-order valence-corrected chi connectivity index (χ3v) is 4.48. The Morgan fingerprint density at radius 1 is 1.05 bits per heavy atom. The Morgan fingerprint density at radius 2 is 1.84 bits per heavy atom. The molecular formula is C15H29ClN2O. The Balaban J connectivity index is 0.00000180. The predicted octanol–water partition coefficient (Wildman–Crippen LogP) is 3.03. The average Bonchev–Trinajstić information content (AvgIpc) is 2.91. The van der Waals surface area contributed by atoms with E-state index in [9.17, 15) is 4.79 Å². The second-order valence-corrected chi connectivity index (χ2v) is 5.97. The quantitative estimate of drug-likeness (QED) is 0.789. The molecule has 0 aromatic heterocycles. The van der Waals surface area contributed by atoms with Gasteiger partial charge in [0, 0.05) is 19.0 Å². The van der Waals surface area contributed by atoms with E-state index in [1.807, 2.05) is 0 Å². The van der Waals surface area contributed by atoms with Crippen molar-refractivity contribution in [2.75, 3.05) is 13.1 Å². The molecule has 112 valence electrons. The third kappa shape index (κ3) is 6.62. The molecule has 1 aliphatic heterocycles. The molecule has 0 radical (unpaired) electrons. The second-order valence-electron chi connectivity index (χ2n) is 5.97. The summed E-state index contributed by atoms with van der Waals surface area (Å²) in [5, 5.41) is 6.53. The van der Waals surface area contributed by atoms with Gasteiger partial charge in [-0.05, 0) is 38.1 Å². The molecule has 1 saturated heterocycles. The molecule has 2 rings (SSSR count). The van der Waals surface area contributed by atoms with Gasteiger partial charge in [-0.3, -0.25) is 4.79 Å². The van der Waals surface area contributed by atoms with Crippen LogP contribution in [0, 0.1) is 5.92 Å². The average molecular weight is 289 g/mol. The first-order valence-electron chi connectivity index (χ1n) is 7.84. The SMILES string of the molecule is Cl.O=C(CCC1CCCN1)NCCC1CCCCC1. The fourth-order valence-corrected chi connectivity index (χ4v) is 3.29. The molecule has 4 heteroatoms. The molecule has 1 atom stereocenters. The lowest BCUT2D eigenvalue weighted by Crippen LogP contribution is -2.29. The van der Waals surface area contributed by atoms with Crippen LogP contribution in [0.2, 0.25) is 0 Å². The van der Waals surface area contributed by atoms with Gasteiger partial charge in [0.15, 0.2) is 0 Å². The van der Waals surface area contributed by atoms with Crippen LogP contribution in [-0.2, 0) is 4.79 Å². The van der Waals surface area contributed by atoms with Gasteiger partial charge < -0.3 is 10.6 Å². The van der Waals surface area contributed by atoms with Crippen molar-refractivity contribution in [3.05, 3.63) is 0 Å². The summed E-state index contributed by atoms with van der Waals surface area (Å²) in [6.07, 6.45) is 12.4. The van der Waals surface area contributed by atoms with Crippen molar-refractivity contribution in [2.45, 2.75) is 70.3 Å². The van der Waals surface area contributed by atoms with E-state index in [0.717, 1.165) is 25.4 Å². The van der Waals surface area contributed by atoms with Crippen LogP contribution in [0.1, 0.15) is 64.2 Å². The molecule has 1 heterocycles. The van der Waals surface area contributed by atoms with Crippen LogP contribution in [0.5, 0.6) is 0 Å². The Morgan fingerprint density at radius 3 is 2.53 bits per heavy atom. The Bertz CT molecular complexity index is 249. The van der Waals surface area contributed by atoms with Crippen LogP contribution < -0.4 is 10.6 Å². The summed E-state index contributed by atoms with van der Waals surface area (Å²) in [4.78, 5) is 11.7. The van der Waals surface area contributed by atoms with E-state index in [4.69, 9.17) is 0 Å². The van der Waals surface area contributed by atoms with E-state index in [-0.39, 0.29) is 18.3 Å². The van der Waals surface area contributed by atoms with Gasteiger partial charge in [0.1, 0.15) is 0 Å². The number of carbonyl (C=O) groups excluding carboxylic acids is 1. The third-order valence-electron chi connectivity index (χ3n) is 4.48. The molecule has 0 bridgehead atoms. The normalized spacial score (nSPS) is 23.9. The van der Waals surface area contributed by atoms with Crippen LogP contribution in [0.15, 0.2) is 0 Å². The first kappa shape index (κ1) is 16.8. The molecule has 2 fully saturated rings. The topological polar surface area (TPSA) is 41.1 Å². The monoisotopic (exact) mass is 288 g/mol. The smallest absolute Gasteiger partial charge is 0.220 e. The van der Waals surface area contributed by atoms with E-state index in [1.165, 1.54) is 51.4 Å². The number of hydrogen-bond donors (Lipinski definition) is 2. The summed E-state index contributed by atoms with van der Waals surface area (Å²) in [7, 11) is 0. The predicted molar refractivity (Wildman–Crippen MR) is 81.7 cm³/mol. The molecule has 3 nitrogen and oxygen atoms in total. The van der Waals surface area contributed by atoms with Crippen molar-refractivity contribution < 1.29 is 4.79 Å². The van der Waals surface area contributed by atoms with Crippen molar-refractivity contribution in [1.82, 2.24) is 10.6 Å². The fourth-order valence-electron chi connectivity index (χ4n) is 3.29. The van der Waals surface area contributed by atoms with Gasteiger partial charge in [0.25, 0.3) is 0 Å². The van der Waals surface area contributed by atoms with Crippen molar-refractivity contribution in [3.8, 4) is 0 Å². The van der Waals surface area contributed by atoms with Crippen LogP contribution in [-0.4, -0.2) is 25.0 Å². The summed E-state index contributed by atoms with van der Waals surface area (Å²) in [5.74, 6) is 1.12. The lowest BCUT2D eigenvalue weighted by molar-refractivity contribution is -0.121. The van der Waals surface area contributed by atoms with Crippen molar-refractivity contribution in [3.63, 3.8) is 0 Å².